The highest BCUT2D eigenvalue weighted by atomic mass is 16.7. The Morgan fingerprint density at radius 3 is 2.65 bits per heavy atom. The third kappa shape index (κ3) is 2.02. The minimum atomic E-state index is 0.370. The van der Waals surface area contributed by atoms with Gasteiger partial charge in [0.25, 0.3) is 0 Å². The van der Waals surface area contributed by atoms with Gasteiger partial charge in [0.05, 0.1) is 13.7 Å². The summed E-state index contributed by atoms with van der Waals surface area (Å²) in [4.78, 5) is 5.61. The third-order valence-corrected chi connectivity index (χ3v) is 3.27. The first kappa shape index (κ1) is 12.3. The summed E-state index contributed by atoms with van der Waals surface area (Å²) in [7, 11) is 5.48. The van der Waals surface area contributed by atoms with Crippen molar-refractivity contribution in [2.45, 2.75) is 13.5 Å². The number of hydroxylamine groups is 2. The normalized spacial score (nSPS) is 22.6. The molecule has 1 radical (unpaired) electrons. The number of methoxy groups -OCH3 is 1. The molecule has 0 aromatic heterocycles. The minimum Gasteiger partial charge on any atom is -0.380 e. The van der Waals surface area contributed by atoms with Crippen LogP contribution < -0.4 is 4.65 Å². The van der Waals surface area contributed by atoms with Crippen molar-refractivity contribution in [3.8, 4) is 0 Å². The highest BCUT2D eigenvalue weighted by Crippen LogP contribution is 2.37. The Bertz CT molecular complexity index is 454. The van der Waals surface area contributed by atoms with Crippen molar-refractivity contribution in [3.63, 3.8) is 0 Å². The summed E-state index contributed by atoms with van der Waals surface area (Å²) < 4.78 is 5.61. The van der Waals surface area contributed by atoms with Crippen LogP contribution >= 0.6 is 0 Å². The van der Waals surface area contributed by atoms with Gasteiger partial charge in [-0.1, -0.05) is 12.1 Å². The maximum absolute atomic E-state index is 5.61. The molecule has 0 amide bonds. The number of benzene rings is 1. The van der Waals surface area contributed by atoms with E-state index in [1.807, 2.05) is 19.3 Å². The number of nitrogens with zero attached hydrogens (tertiary/aromatic N) is 1. The fourth-order valence-electron chi connectivity index (χ4n) is 2.35. The standard InChI is InChI=1S/C14H19NO2/c1-11-7-8-12(10-16-3)13-6-5-9-15(2,17-4)14(11)13/h5-9H,10H2,1-4H3/q+1. The molecule has 17 heavy (non-hydrogen) atoms. The van der Waals surface area contributed by atoms with Gasteiger partial charge in [-0.3, -0.25) is 0 Å². The molecule has 0 spiro atoms. The number of hydrogen-bond donors (Lipinski definition) is 0. The van der Waals surface area contributed by atoms with Crippen LogP contribution in [0, 0.1) is 13.3 Å². The second kappa shape index (κ2) is 4.61. The highest BCUT2D eigenvalue weighted by Gasteiger charge is 2.32. The first-order valence-corrected chi connectivity index (χ1v) is 5.69. The summed E-state index contributed by atoms with van der Waals surface area (Å²) in [5.74, 6) is 0. The van der Waals surface area contributed by atoms with Crippen molar-refractivity contribution in [1.82, 2.24) is 4.65 Å². The Balaban J connectivity index is 2.60. The monoisotopic (exact) mass is 233 g/mol. The zero-order valence-electron chi connectivity index (χ0n) is 10.9. The van der Waals surface area contributed by atoms with E-state index in [1.54, 1.807) is 14.2 Å². The maximum atomic E-state index is 5.61. The molecule has 91 valence electrons. The summed E-state index contributed by atoms with van der Waals surface area (Å²) in [6, 6.07) is 4.24. The van der Waals surface area contributed by atoms with Gasteiger partial charge >= 0.3 is 0 Å². The van der Waals surface area contributed by atoms with E-state index in [1.165, 1.54) is 22.4 Å². The van der Waals surface area contributed by atoms with Gasteiger partial charge in [0, 0.05) is 24.7 Å². The molecule has 1 heterocycles. The summed E-state index contributed by atoms with van der Waals surface area (Å²) in [6.45, 7) is 2.73. The average Bonchev–Trinajstić information content (AvgIpc) is 2.33. The zero-order valence-corrected chi connectivity index (χ0v) is 10.9. The van der Waals surface area contributed by atoms with Gasteiger partial charge in [0.15, 0.2) is 5.69 Å². The largest absolute Gasteiger partial charge is 0.380 e. The molecule has 0 N–H and O–H groups in total. The lowest BCUT2D eigenvalue weighted by atomic mass is 9.96. The number of allylic oxidation sites excluding steroid dienone is 1. The maximum Gasteiger partial charge on any atom is 0.177 e. The number of hydrogen-bond acceptors (Lipinski definition) is 2. The molecular formula is C14H19NO2+. The molecule has 1 aliphatic heterocycles. The second-order valence-electron chi connectivity index (χ2n) is 4.42. The van der Waals surface area contributed by atoms with Crippen molar-refractivity contribution in [2.24, 2.45) is 0 Å². The van der Waals surface area contributed by atoms with Crippen LogP contribution in [-0.2, 0) is 16.2 Å². The van der Waals surface area contributed by atoms with E-state index in [-0.39, 0.29) is 0 Å². The van der Waals surface area contributed by atoms with Crippen molar-refractivity contribution in [3.05, 3.63) is 47.5 Å². The van der Waals surface area contributed by atoms with Crippen LogP contribution in [0.3, 0.4) is 0 Å². The van der Waals surface area contributed by atoms with Crippen LogP contribution in [0.1, 0.15) is 16.7 Å². The molecular weight excluding hydrogens is 214 g/mol. The van der Waals surface area contributed by atoms with Crippen LogP contribution in [0.4, 0.5) is 5.69 Å². The average molecular weight is 233 g/mol. The quantitative estimate of drug-likeness (QED) is 0.747. The van der Waals surface area contributed by atoms with Gasteiger partial charge in [-0.25, -0.2) is 0 Å². The van der Waals surface area contributed by atoms with Gasteiger partial charge in [0.1, 0.15) is 13.2 Å². The van der Waals surface area contributed by atoms with E-state index >= 15 is 0 Å². The smallest absolute Gasteiger partial charge is 0.177 e. The SMILES string of the molecule is COCc1ccc(C)c2c1[CH]C=C[N+]2(C)OC. The van der Waals surface area contributed by atoms with Crippen LogP contribution in [-0.4, -0.2) is 21.3 Å². The highest BCUT2D eigenvalue weighted by molar-refractivity contribution is 5.65. The summed E-state index contributed by atoms with van der Waals surface area (Å²) in [5, 5.41) is 0. The summed E-state index contributed by atoms with van der Waals surface area (Å²) >= 11 is 0. The summed E-state index contributed by atoms with van der Waals surface area (Å²) in [6.07, 6.45) is 6.19. The molecule has 1 atom stereocenters. The first-order chi connectivity index (χ1) is 8.12. The fraction of sp³-hybridized carbons (Fsp3) is 0.357. The van der Waals surface area contributed by atoms with E-state index in [2.05, 4.69) is 25.5 Å². The molecule has 0 saturated heterocycles. The van der Waals surface area contributed by atoms with Gasteiger partial charge in [-0.05, 0) is 18.6 Å². The molecule has 1 aromatic rings. The minimum absolute atomic E-state index is 0.370. The van der Waals surface area contributed by atoms with E-state index < -0.39 is 0 Å². The van der Waals surface area contributed by atoms with Crippen molar-refractivity contribution < 1.29 is 9.57 Å². The lowest BCUT2D eigenvalue weighted by Crippen LogP contribution is -2.40. The predicted molar refractivity (Wildman–Crippen MR) is 69.2 cm³/mol. The van der Waals surface area contributed by atoms with Crippen molar-refractivity contribution in [1.29, 1.82) is 0 Å². The lowest BCUT2D eigenvalue weighted by Gasteiger charge is -2.31. The van der Waals surface area contributed by atoms with Crippen molar-refractivity contribution in [2.75, 3.05) is 21.3 Å². The van der Waals surface area contributed by atoms with Crippen LogP contribution in [0.5, 0.6) is 0 Å². The van der Waals surface area contributed by atoms with Gasteiger partial charge in [-0.2, -0.15) is 4.84 Å². The number of aryl methyl sites for hydroxylation is 1. The van der Waals surface area contributed by atoms with Crippen LogP contribution in [0.15, 0.2) is 24.4 Å². The van der Waals surface area contributed by atoms with Gasteiger partial charge in [0.2, 0.25) is 0 Å². The lowest BCUT2D eigenvalue weighted by molar-refractivity contribution is -0.0576. The number of quaternary nitrogens is 1. The van der Waals surface area contributed by atoms with E-state index in [9.17, 15) is 0 Å². The van der Waals surface area contributed by atoms with E-state index in [0.717, 1.165) is 0 Å². The van der Waals surface area contributed by atoms with Gasteiger partial charge < -0.3 is 4.74 Å². The molecule has 0 aliphatic carbocycles. The second-order valence-corrected chi connectivity index (χ2v) is 4.42. The Morgan fingerprint density at radius 2 is 2.00 bits per heavy atom. The molecule has 1 aliphatic rings. The Morgan fingerprint density at radius 1 is 1.24 bits per heavy atom. The van der Waals surface area contributed by atoms with Crippen LogP contribution in [0.2, 0.25) is 0 Å². The summed E-state index contributed by atoms with van der Waals surface area (Å²) in [5.41, 5.74) is 4.81. The number of rotatable bonds is 3. The predicted octanol–water partition coefficient (Wildman–Crippen LogP) is 2.72. The fourth-order valence-corrected chi connectivity index (χ4v) is 2.35. The number of fused-ring (bicyclic) bond motifs is 1. The Labute approximate surface area is 103 Å². The number of ether oxygens (including phenoxy) is 1. The molecule has 0 bridgehead atoms. The molecule has 0 saturated carbocycles. The topological polar surface area (TPSA) is 18.5 Å². The van der Waals surface area contributed by atoms with Crippen LogP contribution in [0.25, 0.3) is 0 Å². The van der Waals surface area contributed by atoms with E-state index in [0.29, 0.717) is 11.3 Å². The molecule has 1 unspecified atom stereocenters. The van der Waals surface area contributed by atoms with Gasteiger partial charge in [-0.15, -0.1) is 4.65 Å². The molecule has 1 aromatic carbocycles. The third-order valence-electron chi connectivity index (χ3n) is 3.27. The van der Waals surface area contributed by atoms with Crippen molar-refractivity contribution >= 4 is 5.69 Å². The molecule has 3 heteroatoms. The molecule has 3 nitrogen and oxygen atoms in total. The molecule has 0 fully saturated rings. The molecule has 2 rings (SSSR count). The Kier molecular flexibility index (Phi) is 3.33. The zero-order chi connectivity index (χ0) is 12.5. The van der Waals surface area contributed by atoms with E-state index in [4.69, 9.17) is 9.57 Å². The first-order valence-electron chi connectivity index (χ1n) is 5.69. The Hall–Kier alpha value is -1.16.